The highest BCUT2D eigenvalue weighted by Gasteiger charge is 1.39. The van der Waals surface area contributed by atoms with Crippen molar-refractivity contribution in [1.29, 1.82) is 10.5 Å². The van der Waals surface area contributed by atoms with Crippen molar-refractivity contribution in [3.8, 4) is 12.1 Å². The molecule has 0 heterocycles. The summed E-state index contributed by atoms with van der Waals surface area (Å²) in [7, 11) is 0. The maximum atomic E-state index is 7.26. The number of nitriles is 2. The van der Waals surface area contributed by atoms with Crippen LogP contribution in [0.1, 0.15) is 6.92 Å². The van der Waals surface area contributed by atoms with Crippen molar-refractivity contribution < 1.29 is 0 Å². The number of allylic oxidation sites excluding steroid dienone is 1. The van der Waals surface area contributed by atoms with Gasteiger partial charge in [0.25, 0.3) is 0 Å². The second-order valence-corrected chi connectivity index (χ2v) is 0.632. The predicted octanol–water partition coefficient (Wildman–Crippen LogP) is 1.23. The summed E-state index contributed by atoms with van der Waals surface area (Å²) in [4.78, 5) is 0. The standard InChI is InChI=1S/C3H6.C2N2/c1-3-2;3-1-2-4/h3H,1H2,2H3;. The number of rotatable bonds is 0. The molecular formula is C5H6N2. The molecule has 2 nitrogen and oxygen atoms in total. The molecule has 2 heteroatoms. The monoisotopic (exact) mass is 94.1 g/mol. The number of hydrogen-bond acceptors (Lipinski definition) is 2. The Bertz CT molecular complexity index is 90.2. The molecule has 0 amide bonds. The van der Waals surface area contributed by atoms with Crippen LogP contribution in [-0.2, 0) is 0 Å². The van der Waals surface area contributed by atoms with Gasteiger partial charge in [-0.1, -0.05) is 6.08 Å². The van der Waals surface area contributed by atoms with Gasteiger partial charge in [0.05, 0.1) is 0 Å². The molecule has 0 aromatic carbocycles. The molecule has 36 valence electrons. The van der Waals surface area contributed by atoms with Gasteiger partial charge in [-0.05, 0) is 6.92 Å². The van der Waals surface area contributed by atoms with Crippen molar-refractivity contribution in [2.45, 2.75) is 6.92 Å². The average molecular weight is 94.1 g/mol. The van der Waals surface area contributed by atoms with Crippen molar-refractivity contribution >= 4 is 0 Å². The van der Waals surface area contributed by atoms with Gasteiger partial charge >= 0.3 is 0 Å². The predicted molar refractivity (Wildman–Crippen MR) is 27.1 cm³/mol. The first-order valence-corrected chi connectivity index (χ1v) is 1.68. The minimum Gasteiger partial charge on any atom is -0.181 e. The molecule has 0 unspecified atom stereocenters. The van der Waals surface area contributed by atoms with Crippen LogP contribution in [0, 0.1) is 22.7 Å². The summed E-state index contributed by atoms with van der Waals surface area (Å²) in [6, 6.07) is 2.47. The van der Waals surface area contributed by atoms with Crippen molar-refractivity contribution in [3.05, 3.63) is 12.7 Å². The lowest BCUT2D eigenvalue weighted by Crippen LogP contribution is -1.26. The van der Waals surface area contributed by atoms with Crippen LogP contribution in [0.25, 0.3) is 0 Å². The summed E-state index contributed by atoms with van der Waals surface area (Å²) < 4.78 is 0. The molecule has 0 aliphatic carbocycles. The Morgan fingerprint density at radius 2 is 1.57 bits per heavy atom. The van der Waals surface area contributed by atoms with Gasteiger partial charge in [-0.15, -0.1) is 6.58 Å². The van der Waals surface area contributed by atoms with E-state index in [0.717, 1.165) is 0 Å². The zero-order valence-corrected chi connectivity index (χ0v) is 4.18. The lowest BCUT2D eigenvalue weighted by Gasteiger charge is -1.31. The fourth-order valence-corrected chi connectivity index (χ4v) is 0. The van der Waals surface area contributed by atoms with Crippen LogP contribution in [0.3, 0.4) is 0 Å². The van der Waals surface area contributed by atoms with E-state index in [1.165, 1.54) is 12.1 Å². The SMILES string of the molecule is C=CC.N#CC#N. The van der Waals surface area contributed by atoms with Crippen LogP contribution in [-0.4, -0.2) is 0 Å². The maximum Gasteiger partial charge on any atom is 0.181 e. The third kappa shape index (κ3) is 445. The van der Waals surface area contributed by atoms with Gasteiger partial charge in [-0.25, -0.2) is 0 Å². The van der Waals surface area contributed by atoms with E-state index in [1.807, 2.05) is 6.92 Å². The molecule has 0 saturated heterocycles. The van der Waals surface area contributed by atoms with Gasteiger partial charge in [0.1, 0.15) is 0 Å². The summed E-state index contributed by atoms with van der Waals surface area (Å²) in [5.41, 5.74) is 0. The van der Waals surface area contributed by atoms with E-state index in [9.17, 15) is 0 Å². The van der Waals surface area contributed by atoms with E-state index in [1.54, 1.807) is 6.08 Å². The first-order valence-electron chi connectivity index (χ1n) is 1.68. The first-order chi connectivity index (χ1) is 3.33. The van der Waals surface area contributed by atoms with Crippen molar-refractivity contribution in [1.82, 2.24) is 0 Å². The van der Waals surface area contributed by atoms with E-state index >= 15 is 0 Å². The molecule has 0 bridgehead atoms. The molecule has 0 saturated carbocycles. The largest absolute Gasteiger partial charge is 0.181 e. The van der Waals surface area contributed by atoms with E-state index < -0.39 is 0 Å². The number of nitrogens with zero attached hydrogens (tertiary/aromatic N) is 2. The molecule has 0 aromatic heterocycles. The minimum atomic E-state index is 1.24. The van der Waals surface area contributed by atoms with Crippen LogP contribution in [0.5, 0.6) is 0 Å². The van der Waals surface area contributed by atoms with Crippen LogP contribution in [0.15, 0.2) is 12.7 Å². The van der Waals surface area contributed by atoms with E-state index in [4.69, 9.17) is 10.5 Å². The summed E-state index contributed by atoms with van der Waals surface area (Å²) in [5.74, 6) is 0. The molecule has 0 fully saturated rings. The zero-order valence-electron chi connectivity index (χ0n) is 4.18. The zero-order chi connectivity index (χ0) is 6.12. The van der Waals surface area contributed by atoms with Gasteiger partial charge in [0, 0.05) is 0 Å². The molecule has 0 rings (SSSR count). The second-order valence-electron chi connectivity index (χ2n) is 0.632. The van der Waals surface area contributed by atoms with Gasteiger partial charge < -0.3 is 0 Å². The van der Waals surface area contributed by atoms with Crippen LogP contribution >= 0.6 is 0 Å². The highest BCUT2D eigenvalue weighted by Crippen LogP contribution is 1.38. The molecule has 0 radical (unpaired) electrons. The van der Waals surface area contributed by atoms with Crippen LogP contribution in [0.2, 0.25) is 0 Å². The molecule has 0 spiro atoms. The highest BCUT2D eigenvalue weighted by atomic mass is 14.3. The third-order valence-corrected chi connectivity index (χ3v) is 0.0500. The summed E-state index contributed by atoms with van der Waals surface area (Å²) in [6.07, 6.45) is 1.75. The quantitative estimate of drug-likeness (QED) is 0.424. The normalized spacial score (nSPS) is 3.29. The van der Waals surface area contributed by atoms with E-state index in [-0.39, 0.29) is 0 Å². The Morgan fingerprint density at radius 1 is 1.43 bits per heavy atom. The van der Waals surface area contributed by atoms with Crippen molar-refractivity contribution in [3.63, 3.8) is 0 Å². The van der Waals surface area contributed by atoms with Crippen LogP contribution < -0.4 is 0 Å². The van der Waals surface area contributed by atoms with Gasteiger partial charge in [-0.3, -0.25) is 0 Å². The fraction of sp³-hybridized carbons (Fsp3) is 0.200. The third-order valence-electron chi connectivity index (χ3n) is 0.0500. The summed E-state index contributed by atoms with van der Waals surface area (Å²) in [5, 5.41) is 14.5. The summed E-state index contributed by atoms with van der Waals surface area (Å²) in [6.45, 7) is 5.25. The Morgan fingerprint density at radius 3 is 1.57 bits per heavy atom. The molecule has 0 N–H and O–H groups in total. The highest BCUT2D eigenvalue weighted by molar-refractivity contribution is 4.99. The molecule has 0 atom stereocenters. The van der Waals surface area contributed by atoms with Gasteiger partial charge in [0.2, 0.25) is 0 Å². The smallest absolute Gasteiger partial charge is 0.181 e. The average Bonchev–Trinajstić information content (AvgIpc) is 1.69. The Balaban J connectivity index is 0. The lowest BCUT2D eigenvalue weighted by molar-refractivity contribution is 1.49. The number of hydrogen-bond donors (Lipinski definition) is 0. The second kappa shape index (κ2) is 22.1. The molecule has 0 aliphatic heterocycles. The van der Waals surface area contributed by atoms with Crippen molar-refractivity contribution in [2.75, 3.05) is 0 Å². The Kier molecular flexibility index (Phi) is 29.0. The maximum absolute atomic E-state index is 7.26. The van der Waals surface area contributed by atoms with Crippen LogP contribution in [0.4, 0.5) is 0 Å². The summed E-state index contributed by atoms with van der Waals surface area (Å²) >= 11 is 0. The van der Waals surface area contributed by atoms with E-state index in [0.29, 0.717) is 0 Å². The van der Waals surface area contributed by atoms with E-state index in [2.05, 4.69) is 6.58 Å². The fourth-order valence-electron chi connectivity index (χ4n) is 0. The van der Waals surface area contributed by atoms with Crippen molar-refractivity contribution in [2.24, 2.45) is 0 Å². The van der Waals surface area contributed by atoms with Gasteiger partial charge in [-0.2, -0.15) is 10.5 Å². The molecular weight excluding hydrogens is 88.1 g/mol. The lowest BCUT2D eigenvalue weighted by atomic mass is 10.8. The first kappa shape index (κ1) is 9.21. The molecule has 0 aromatic rings. The molecule has 0 aliphatic rings. The van der Waals surface area contributed by atoms with Gasteiger partial charge in [0.15, 0.2) is 12.1 Å². The molecule has 7 heavy (non-hydrogen) atoms. The minimum absolute atomic E-state index is 1.24. The topological polar surface area (TPSA) is 47.6 Å². The Labute approximate surface area is 43.3 Å². The Hall–Kier alpha value is -1.28.